The number of hydrogen-bond acceptors (Lipinski definition) is 1. The Bertz CT molecular complexity index is 341. The molecule has 60 valence electrons. The van der Waals surface area contributed by atoms with Crippen molar-refractivity contribution in [1.29, 1.82) is 0 Å². The normalized spacial score (nSPS) is 30.3. The van der Waals surface area contributed by atoms with Crippen LogP contribution in [0.3, 0.4) is 0 Å². The van der Waals surface area contributed by atoms with Crippen LogP contribution >= 0.6 is 0 Å². The number of aliphatic imine (C=N–C) groups is 1. The molecule has 1 aliphatic heterocycles. The van der Waals surface area contributed by atoms with E-state index in [-0.39, 0.29) is 0 Å². The van der Waals surface area contributed by atoms with E-state index in [1.54, 1.807) is 11.1 Å². The van der Waals surface area contributed by atoms with E-state index in [2.05, 4.69) is 35.5 Å². The zero-order chi connectivity index (χ0) is 7.97. The van der Waals surface area contributed by atoms with Crippen LogP contribution < -0.4 is 0 Å². The molecule has 1 aromatic carbocycles. The predicted octanol–water partition coefficient (Wildman–Crippen LogP) is 2.03. The van der Waals surface area contributed by atoms with Gasteiger partial charge in [0.05, 0.1) is 0 Å². The molecule has 1 heterocycles. The molecule has 2 aliphatic rings. The third-order valence-corrected chi connectivity index (χ3v) is 3.03. The van der Waals surface area contributed by atoms with Crippen LogP contribution in [0.15, 0.2) is 29.3 Å². The van der Waals surface area contributed by atoms with Gasteiger partial charge in [0.2, 0.25) is 0 Å². The maximum absolute atomic E-state index is 4.34. The number of benzene rings is 1. The van der Waals surface area contributed by atoms with E-state index in [9.17, 15) is 0 Å². The van der Waals surface area contributed by atoms with Gasteiger partial charge in [0, 0.05) is 24.6 Å². The molecule has 0 bridgehead atoms. The first kappa shape index (κ1) is 6.41. The van der Waals surface area contributed by atoms with Crippen molar-refractivity contribution in [2.24, 2.45) is 10.9 Å². The molecule has 12 heavy (non-hydrogen) atoms. The highest BCUT2D eigenvalue weighted by Crippen LogP contribution is 2.39. The van der Waals surface area contributed by atoms with Gasteiger partial charge in [0.1, 0.15) is 0 Å². The van der Waals surface area contributed by atoms with Gasteiger partial charge < -0.3 is 0 Å². The molecule has 1 heteroatoms. The van der Waals surface area contributed by atoms with E-state index in [1.807, 2.05) is 0 Å². The summed E-state index contributed by atoms with van der Waals surface area (Å²) in [5.41, 5.74) is 3.08. The zero-order valence-corrected chi connectivity index (χ0v) is 6.90. The molecule has 0 aromatic heterocycles. The average Bonchev–Trinajstić information content (AvgIpc) is 2.62. The Labute approximate surface area is 72.1 Å². The average molecular weight is 157 g/mol. The second-order valence-electron chi connectivity index (χ2n) is 3.69. The Hall–Kier alpha value is -1.11. The van der Waals surface area contributed by atoms with Crippen LogP contribution in [-0.2, 0) is 6.42 Å². The maximum atomic E-state index is 4.34. The highest BCUT2D eigenvalue weighted by molar-refractivity contribution is 5.68. The van der Waals surface area contributed by atoms with Crippen molar-refractivity contribution >= 4 is 6.21 Å². The number of hydrogen-bond donors (Lipinski definition) is 0. The van der Waals surface area contributed by atoms with Gasteiger partial charge in [-0.2, -0.15) is 0 Å². The molecular formula is C11H11N. The molecule has 2 atom stereocenters. The minimum atomic E-state index is 0.709. The first-order valence-corrected chi connectivity index (χ1v) is 4.53. The molecule has 1 aliphatic carbocycles. The van der Waals surface area contributed by atoms with Gasteiger partial charge in [-0.1, -0.05) is 24.3 Å². The van der Waals surface area contributed by atoms with Gasteiger partial charge in [-0.15, -0.1) is 0 Å². The molecular weight excluding hydrogens is 146 g/mol. The number of nitrogens with zero attached hydrogens (tertiary/aromatic N) is 1. The molecule has 0 N–H and O–H groups in total. The summed E-state index contributed by atoms with van der Waals surface area (Å²) in [5, 5.41) is 0. The lowest BCUT2D eigenvalue weighted by atomic mass is 9.96. The highest BCUT2D eigenvalue weighted by atomic mass is 14.8. The van der Waals surface area contributed by atoms with Crippen LogP contribution in [0.5, 0.6) is 0 Å². The van der Waals surface area contributed by atoms with Gasteiger partial charge in [-0.05, 0) is 17.5 Å². The van der Waals surface area contributed by atoms with E-state index in [1.165, 1.54) is 6.42 Å². The van der Waals surface area contributed by atoms with Crippen molar-refractivity contribution in [1.82, 2.24) is 0 Å². The van der Waals surface area contributed by atoms with E-state index in [0.29, 0.717) is 11.8 Å². The summed E-state index contributed by atoms with van der Waals surface area (Å²) in [6, 6.07) is 8.78. The minimum absolute atomic E-state index is 0.709. The molecule has 1 nitrogen and oxygen atoms in total. The summed E-state index contributed by atoms with van der Waals surface area (Å²) in [6.07, 6.45) is 3.36. The van der Waals surface area contributed by atoms with Crippen molar-refractivity contribution < 1.29 is 0 Å². The van der Waals surface area contributed by atoms with Crippen LogP contribution in [0.1, 0.15) is 17.0 Å². The molecule has 0 amide bonds. The van der Waals surface area contributed by atoms with Crippen molar-refractivity contribution in [2.75, 3.05) is 6.54 Å². The Morgan fingerprint density at radius 3 is 3.17 bits per heavy atom. The van der Waals surface area contributed by atoms with E-state index in [4.69, 9.17) is 0 Å². The summed E-state index contributed by atoms with van der Waals surface area (Å²) in [4.78, 5) is 4.34. The second kappa shape index (κ2) is 2.19. The quantitative estimate of drug-likeness (QED) is 0.546. The zero-order valence-electron chi connectivity index (χ0n) is 6.90. The standard InChI is InChI=1S/C11H11N/c1-2-4-10-8(3-1)5-9-6-12-7-11(9)10/h1-4,6,9,11H,5,7H2. The van der Waals surface area contributed by atoms with Gasteiger partial charge in [-0.25, -0.2) is 0 Å². The van der Waals surface area contributed by atoms with E-state index in [0.717, 1.165) is 6.54 Å². The number of rotatable bonds is 0. The Morgan fingerprint density at radius 2 is 2.17 bits per heavy atom. The summed E-state index contributed by atoms with van der Waals surface area (Å²) in [6.45, 7) is 1.02. The first-order chi connectivity index (χ1) is 5.95. The highest BCUT2D eigenvalue weighted by Gasteiger charge is 2.33. The summed E-state index contributed by atoms with van der Waals surface area (Å²) < 4.78 is 0. The molecule has 0 saturated carbocycles. The lowest BCUT2D eigenvalue weighted by molar-refractivity contribution is 0.640. The van der Waals surface area contributed by atoms with Crippen LogP contribution in [-0.4, -0.2) is 12.8 Å². The predicted molar refractivity (Wildman–Crippen MR) is 49.7 cm³/mol. The fourth-order valence-electron chi connectivity index (χ4n) is 2.41. The van der Waals surface area contributed by atoms with Gasteiger partial charge in [0.25, 0.3) is 0 Å². The van der Waals surface area contributed by atoms with Crippen LogP contribution in [0, 0.1) is 5.92 Å². The van der Waals surface area contributed by atoms with E-state index < -0.39 is 0 Å². The van der Waals surface area contributed by atoms with Crippen LogP contribution in [0.2, 0.25) is 0 Å². The molecule has 0 saturated heterocycles. The van der Waals surface area contributed by atoms with Crippen LogP contribution in [0.4, 0.5) is 0 Å². The Balaban J connectivity index is 2.12. The largest absolute Gasteiger partial charge is 0.297 e. The lowest BCUT2D eigenvalue weighted by Crippen LogP contribution is -2.03. The second-order valence-corrected chi connectivity index (χ2v) is 3.69. The van der Waals surface area contributed by atoms with Gasteiger partial charge in [-0.3, -0.25) is 4.99 Å². The van der Waals surface area contributed by atoms with Crippen LogP contribution in [0.25, 0.3) is 0 Å². The molecule has 3 rings (SSSR count). The lowest BCUT2D eigenvalue weighted by Gasteiger charge is -2.06. The third-order valence-electron chi connectivity index (χ3n) is 3.03. The SMILES string of the molecule is C1=NCC2c3ccccc3CC12. The van der Waals surface area contributed by atoms with E-state index >= 15 is 0 Å². The van der Waals surface area contributed by atoms with Crippen molar-refractivity contribution in [3.8, 4) is 0 Å². The number of fused-ring (bicyclic) bond motifs is 3. The minimum Gasteiger partial charge on any atom is -0.297 e. The first-order valence-electron chi connectivity index (χ1n) is 4.53. The summed E-state index contributed by atoms with van der Waals surface area (Å²) >= 11 is 0. The smallest absolute Gasteiger partial charge is 0.0460 e. The summed E-state index contributed by atoms with van der Waals surface area (Å²) in [5.74, 6) is 1.42. The molecule has 0 radical (unpaired) electrons. The fourth-order valence-corrected chi connectivity index (χ4v) is 2.41. The molecule has 1 aromatic rings. The molecule has 0 spiro atoms. The topological polar surface area (TPSA) is 12.4 Å². The van der Waals surface area contributed by atoms with Crippen molar-refractivity contribution in [3.63, 3.8) is 0 Å². The van der Waals surface area contributed by atoms with Gasteiger partial charge >= 0.3 is 0 Å². The van der Waals surface area contributed by atoms with Crippen molar-refractivity contribution in [3.05, 3.63) is 35.4 Å². The van der Waals surface area contributed by atoms with Gasteiger partial charge in [0.15, 0.2) is 0 Å². The maximum Gasteiger partial charge on any atom is 0.0460 e. The monoisotopic (exact) mass is 157 g/mol. The summed E-state index contributed by atoms with van der Waals surface area (Å²) in [7, 11) is 0. The molecule has 2 unspecified atom stereocenters. The van der Waals surface area contributed by atoms with Crippen molar-refractivity contribution in [2.45, 2.75) is 12.3 Å². The Kier molecular flexibility index (Phi) is 1.17. The fraction of sp³-hybridized carbons (Fsp3) is 0.364. The Morgan fingerprint density at radius 1 is 1.25 bits per heavy atom. The third kappa shape index (κ3) is 0.711. The molecule has 0 fully saturated rings.